The monoisotopic (exact) mass is 321 g/mol. The first-order valence-corrected chi connectivity index (χ1v) is 7.86. The quantitative estimate of drug-likeness (QED) is 0.924. The lowest BCUT2D eigenvalue weighted by Crippen LogP contribution is -2.15. The maximum Gasteiger partial charge on any atom is 0.260 e. The smallest absolute Gasteiger partial charge is 0.260 e. The summed E-state index contributed by atoms with van der Waals surface area (Å²) in [5.41, 5.74) is 1.69. The highest BCUT2D eigenvalue weighted by atomic mass is 32.1. The van der Waals surface area contributed by atoms with Gasteiger partial charge in [0, 0.05) is 24.7 Å². The molecule has 0 bridgehead atoms. The van der Waals surface area contributed by atoms with Gasteiger partial charge in [0.05, 0.1) is 11.3 Å². The number of nitrogens with zero attached hydrogens (tertiary/aromatic N) is 2. The molecule has 0 spiro atoms. The molecule has 6 heteroatoms. The zero-order valence-electron chi connectivity index (χ0n) is 13.4. The first-order chi connectivity index (χ1) is 10.3. The van der Waals surface area contributed by atoms with Crippen molar-refractivity contribution < 1.29 is 9.18 Å². The normalized spacial score (nSPS) is 10.9. The second-order valence-electron chi connectivity index (χ2n) is 5.63. The lowest BCUT2D eigenvalue weighted by atomic mass is 10.1. The fourth-order valence-electron chi connectivity index (χ4n) is 2.13. The molecular formula is C16H20FN3OS. The molecule has 2 aromatic rings. The van der Waals surface area contributed by atoms with Crippen LogP contribution in [0, 0.1) is 12.7 Å². The maximum absolute atomic E-state index is 14.1. The van der Waals surface area contributed by atoms with Crippen LogP contribution in [0.25, 0.3) is 0 Å². The molecule has 118 valence electrons. The highest BCUT2D eigenvalue weighted by Gasteiger charge is 2.16. The average Bonchev–Trinajstić information content (AvgIpc) is 2.79. The van der Waals surface area contributed by atoms with Gasteiger partial charge in [0.2, 0.25) is 0 Å². The van der Waals surface area contributed by atoms with Crippen molar-refractivity contribution in [1.29, 1.82) is 0 Å². The minimum atomic E-state index is -0.541. The lowest BCUT2D eigenvalue weighted by Gasteiger charge is -2.13. The van der Waals surface area contributed by atoms with Crippen molar-refractivity contribution in [1.82, 2.24) is 4.98 Å². The minimum absolute atomic E-state index is 0.0181. The van der Waals surface area contributed by atoms with Crippen LogP contribution in [0.3, 0.4) is 0 Å². The SMILES string of the molecule is Cc1sc(NC(=O)c2ccc(N(C)C)cc2F)nc1C(C)C. The third kappa shape index (κ3) is 3.44. The van der Waals surface area contributed by atoms with Gasteiger partial charge in [-0.25, -0.2) is 9.37 Å². The topological polar surface area (TPSA) is 45.2 Å². The van der Waals surface area contributed by atoms with Crippen LogP contribution in [0.4, 0.5) is 15.2 Å². The van der Waals surface area contributed by atoms with E-state index in [9.17, 15) is 9.18 Å². The number of aromatic nitrogens is 1. The van der Waals surface area contributed by atoms with Crippen LogP contribution in [0.5, 0.6) is 0 Å². The van der Waals surface area contributed by atoms with Crippen molar-refractivity contribution in [2.45, 2.75) is 26.7 Å². The van der Waals surface area contributed by atoms with Crippen LogP contribution in [0.15, 0.2) is 18.2 Å². The van der Waals surface area contributed by atoms with E-state index in [0.29, 0.717) is 10.8 Å². The molecule has 0 radical (unpaired) electrons. The van der Waals surface area contributed by atoms with E-state index in [4.69, 9.17) is 0 Å². The molecule has 0 aliphatic carbocycles. The highest BCUT2D eigenvalue weighted by Crippen LogP contribution is 2.28. The number of aryl methyl sites for hydroxylation is 1. The highest BCUT2D eigenvalue weighted by molar-refractivity contribution is 7.15. The number of hydrogen-bond donors (Lipinski definition) is 1. The number of carbonyl (C=O) groups is 1. The van der Waals surface area contributed by atoms with Gasteiger partial charge in [0.25, 0.3) is 5.91 Å². The van der Waals surface area contributed by atoms with Gasteiger partial charge in [-0.2, -0.15) is 0 Å². The second kappa shape index (κ2) is 6.44. The van der Waals surface area contributed by atoms with Gasteiger partial charge in [0.1, 0.15) is 5.82 Å². The van der Waals surface area contributed by atoms with E-state index < -0.39 is 11.7 Å². The molecule has 0 atom stereocenters. The number of thiazole rings is 1. The Morgan fingerprint density at radius 2 is 2.05 bits per heavy atom. The van der Waals surface area contributed by atoms with E-state index in [2.05, 4.69) is 10.3 Å². The largest absolute Gasteiger partial charge is 0.378 e. The summed E-state index contributed by atoms with van der Waals surface area (Å²) in [6.07, 6.45) is 0. The summed E-state index contributed by atoms with van der Waals surface area (Å²) < 4.78 is 14.1. The first kappa shape index (κ1) is 16.4. The zero-order valence-corrected chi connectivity index (χ0v) is 14.2. The Kier molecular flexibility index (Phi) is 4.81. The van der Waals surface area contributed by atoms with Gasteiger partial charge in [-0.3, -0.25) is 10.1 Å². The number of rotatable bonds is 4. The molecule has 1 aromatic carbocycles. The van der Waals surface area contributed by atoms with Crippen LogP contribution in [0.2, 0.25) is 0 Å². The van der Waals surface area contributed by atoms with Gasteiger partial charge in [0.15, 0.2) is 5.13 Å². The third-order valence-corrected chi connectivity index (χ3v) is 4.22. The molecule has 0 aliphatic heterocycles. The summed E-state index contributed by atoms with van der Waals surface area (Å²) in [5.74, 6) is -0.731. The van der Waals surface area contributed by atoms with E-state index in [1.807, 2.05) is 34.9 Å². The standard InChI is InChI=1S/C16H20FN3OS/c1-9(2)14-10(3)22-16(18-14)19-15(21)12-7-6-11(20(4)5)8-13(12)17/h6-9H,1-5H3,(H,18,19,21). The van der Waals surface area contributed by atoms with Gasteiger partial charge in [-0.1, -0.05) is 13.8 Å². The predicted molar refractivity (Wildman–Crippen MR) is 89.6 cm³/mol. The maximum atomic E-state index is 14.1. The molecule has 0 unspecified atom stereocenters. The lowest BCUT2D eigenvalue weighted by molar-refractivity contribution is 0.102. The molecule has 22 heavy (non-hydrogen) atoms. The third-order valence-electron chi connectivity index (χ3n) is 3.31. The predicted octanol–water partition coefficient (Wildman–Crippen LogP) is 4.03. The Hall–Kier alpha value is -1.95. The van der Waals surface area contributed by atoms with E-state index in [1.165, 1.54) is 23.5 Å². The fourth-order valence-corrected chi connectivity index (χ4v) is 3.09. The number of amides is 1. The van der Waals surface area contributed by atoms with Gasteiger partial charge in [-0.05, 0) is 31.0 Å². The van der Waals surface area contributed by atoms with Gasteiger partial charge in [-0.15, -0.1) is 11.3 Å². The minimum Gasteiger partial charge on any atom is -0.378 e. The Balaban J connectivity index is 2.21. The summed E-state index contributed by atoms with van der Waals surface area (Å²) >= 11 is 1.41. The van der Waals surface area contributed by atoms with Crippen molar-refractivity contribution >= 4 is 28.1 Å². The van der Waals surface area contributed by atoms with Crippen LogP contribution in [-0.2, 0) is 0 Å². The van der Waals surface area contributed by atoms with Crippen LogP contribution in [0.1, 0.15) is 40.7 Å². The Bertz CT molecular complexity index is 695. The van der Waals surface area contributed by atoms with Crippen molar-refractivity contribution in [3.63, 3.8) is 0 Å². The van der Waals surface area contributed by atoms with E-state index >= 15 is 0 Å². The summed E-state index contributed by atoms with van der Waals surface area (Å²) in [7, 11) is 3.64. The van der Waals surface area contributed by atoms with Crippen LogP contribution >= 0.6 is 11.3 Å². The average molecular weight is 321 g/mol. The molecule has 1 N–H and O–H groups in total. The molecule has 0 aliphatic rings. The fraction of sp³-hybridized carbons (Fsp3) is 0.375. The number of halogens is 1. The van der Waals surface area contributed by atoms with Crippen LogP contribution in [-0.4, -0.2) is 25.0 Å². The summed E-state index contributed by atoms with van der Waals surface area (Å²) in [5, 5.41) is 3.18. The number of nitrogens with one attached hydrogen (secondary N) is 1. The number of carbonyl (C=O) groups excluding carboxylic acids is 1. The molecule has 0 saturated heterocycles. The Labute approximate surface area is 134 Å². The molecular weight excluding hydrogens is 301 g/mol. The molecule has 2 rings (SSSR count). The zero-order chi connectivity index (χ0) is 16.4. The summed E-state index contributed by atoms with van der Waals surface area (Å²) in [6, 6.07) is 4.55. The van der Waals surface area contributed by atoms with E-state index in [1.54, 1.807) is 11.0 Å². The van der Waals surface area contributed by atoms with Crippen LogP contribution < -0.4 is 10.2 Å². The van der Waals surface area contributed by atoms with Crippen molar-refractivity contribution in [3.8, 4) is 0 Å². The Morgan fingerprint density at radius 3 is 2.55 bits per heavy atom. The molecule has 0 saturated carbocycles. The number of hydrogen-bond acceptors (Lipinski definition) is 4. The van der Waals surface area contributed by atoms with Gasteiger partial charge < -0.3 is 4.90 Å². The Morgan fingerprint density at radius 1 is 1.36 bits per heavy atom. The van der Waals surface area contributed by atoms with E-state index in [-0.39, 0.29) is 11.5 Å². The van der Waals surface area contributed by atoms with Crippen molar-refractivity contribution in [2.24, 2.45) is 0 Å². The molecule has 1 amide bonds. The number of benzene rings is 1. The van der Waals surface area contributed by atoms with E-state index in [0.717, 1.165) is 10.6 Å². The second-order valence-corrected chi connectivity index (χ2v) is 6.83. The summed E-state index contributed by atoms with van der Waals surface area (Å²) in [6.45, 7) is 6.07. The van der Waals surface area contributed by atoms with Crippen molar-refractivity contribution in [3.05, 3.63) is 40.2 Å². The molecule has 0 fully saturated rings. The van der Waals surface area contributed by atoms with Gasteiger partial charge >= 0.3 is 0 Å². The number of anilines is 2. The molecule has 1 aromatic heterocycles. The molecule has 1 heterocycles. The first-order valence-electron chi connectivity index (χ1n) is 7.05. The summed E-state index contributed by atoms with van der Waals surface area (Å²) in [4.78, 5) is 19.5. The molecule has 4 nitrogen and oxygen atoms in total. The van der Waals surface area contributed by atoms with Crippen molar-refractivity contribution in [2.75, 3.05) is 24.3 Å².